The fourth-order valence-corrected chi connectivity index (χ4v) is 3.51. The molecule has 0 saturated carbocycles. The first-order chi connectivity index (χ1) is 14.2. The van der Waals surface area contributed by atoms with Crippen molar-refractivity contribution in [2.24, 2.45) is 5.73 Å². The van der Waals surface area contributed by atoms with Gasteiger partial charge in [-0.15, -0.1) is 0 Å². The molecule has 170 valence electrons. The highest BCUT2D eigenvalue weighted by Gasteiger charge is 2.26. The van der Waals surface area contributed by atoms with E-state index in [1.807, 2.05) is 10.6 Å². The number of esters is 1. The number of carbonyl (C=O) groups excluding carboxylic acids is 3. The number of hydrogen-bond donors (Lipinski definition) is 1. The molecule has 0 aliphatic rings. The van der Waals surface area contributed by atoms with Crippen molar-refractivity contribution in [3.63, 3.8) is 0 Å². The number of benzene rings is 1. The Bertz CT molecular complexity index is 993. The van der Waals surface area contributed by atoms with Crippen molar-refractivity contribution in [2.75, 3.05) is 34.3 Å². The molecule has 0 unspecified atom stereocenters. The van der Waals surface area contributed by atoms with Crippen LogP contribution in [0, 0.1) is 6.92 Å². The van der Waals surface area contributed by atoms with Crippen LogP contribution in [-0.4, -0.2) is 66.6 Å². The van der Waals surface area contributed by atoms with E-state index in [1.165, 1.54) is 0 Å². The fourth-order valence-electron chi connectivity index (χ4n) is 3.51. The van der Waals surface area contributed by atoms with Crippen LogP contribution < -0.4 is 10.5 Å². The molecule has 31 heavy (non-hydrogen) atoms. The first-order valence-electron chi connectivity index (χ1n) is 10.3. The third kappa shape index (κ3) is 6.30. The van der Waals surface area contributed by atoms with Crippen molar-refractivity contribution < 1.29 is 28.3 Å². The van der Waals surface area contributed by atoms with Gasteiger partial charge in [-0.05, 0) is 39.8 Å². The van der Waals surface area contributed by atoms with Gasteiger partial charge in [0.15, 0.2) is 6.61 Å². The van der Waals surface area contributed by atoms with Crippen LogP contribution in [0.25, 0.3) is 10.9 Å². The molecule has 0 fully saturated rings. The Hall–Kier alpha value is -2.87. The second-order valence-electron chi connectivity index (χ2n) is 9.70. The van der Waals surface area contributed by atoms with Crippen LogP contribution >= 0.6 is 0 Å². The molecule has 0 aliphatic carbocycles. The number of carbonyl (C=O) groups is 3. The monoisotopic (exact) mass is 432 g/mol. The molecule has 1 aromatic carbocycles. The molecular formula is C23H34N3O5+. The Balaban J connectivity index is 2.47. The average molecular weight is 433 g/mol. The molecule has 1 aromatic heterocycles. The number of ether oxygens (including phenoxy) is 2. The molecule has 0 bridgehead atoms. The lowest BCUT2D eigenvalue weighted by molar-refractivity contribution is -0.870. The van der Waals surface area contributed by atoms with E-state index < -0.39 is 23.3 Å². The molecule has 0 atom stereocenters. The number of fused-ring (bicyclic) bond motifs is 1. The van der Waals surface area contributed by atoms with Gasteiger partial charge in [0, 0.05) is 18.7 Å². The van der Waals surface area contributed by atoms with Gasteiger partial charge in [-0.25, -0.2) is 4.79 Å². The molecule has 0 saturated heterocycles. The Morgan fingerprint density at radius 3 is 2.32 bits per heavy atom. The van der Waals surface area contributed by atoms with Gasteiger partial charge in [-0.3, -0.25) is 9.59 Å². The number of amides is 1. The zero-order chi connectivity index (χ0) is 23.6. The number of aromatic nitrogens is 1. The summed E-state index contributed by atoms with van der Waals surface area (Å²) in [4.78, 5) is 36.5. The number of quaternary nitrogens is 1. The molecule has 1 heterocycles. The van der Waals surface area contributed by atoms with Gasteiger partial charge >= 0.3 is 5.97 Å². The highest BCUT2D eigenvalue weighted by atomic mass is 16.6. The largest absolute Gasteiger partial charge is 0.481 e. The Morgan fingerprint density at radius 1 is 1.13 bits per heavy atom. The number of hydrogen-bond acceptors (Lipinski definition) is 5. The summed E-state index contributed by atoms with van der Waals surface area (Å²) in [5, 5.41) is 0.484. The third-order valence-corrected chi connectivity index (χ3v) is 4.74. The van der Waals surface area contributed by atoms with Crippen molar-refractivity contribution in [1.82, 2.24) is 4.57 Å². The third-order valence-electron chi connectivity index (χ3n) is 4.74. The van der Waals surface area contributed by atoms with E-state index in [0.29, 0.717) is 23.4 Å². The lowest BCUT2D eigenvalue weighted by atomic mass is 10.1. The Labute approximate surface area is 183 Å². The number of nitrogens with two attached hydrogens (primary N) is 1. The van der Waals surface area contributed by atoms with E-state index in [1.54, 1.807) is 39.8 Å². The van der Waals surface area contributed by atoms with Crippen molar-refractivity contribution in [1.29, 1.82) is 0 Å². The SMILES string of the molecule is Cc1c(C(=O)C(N)=O)c2c(OCC(=O)OC(C)(C)C)cccc2n1CCC[N+](C)(C)C. The number of nitrogens with zero attached hydrogens (tertiary/aromatic N) is 2. The normalized spacial score (nSPS) is 12.1. The van der Waals surface area contributed by atoms with Crippen LogP contribution in [0.5, 0.6) is 5.75 Å². The van der Waals surface area contributed by atoms with Crippen molar-refractivity contribution in [3.8, 4) is 5.75 Å². The van der Waals surface area contributed by atoms with Gasteiger partial charge in [0.25, 0.3) is 11.7 Å². The van der Waals surface area contributed by atoms with Gasteiger partial charge in [0.1, 0.15) is 11.4 Å². The van der Waals surface area contributed by atoms with Crippen LogP contribution in [0.15, 0.2) is 18.2 Å². The lowest BCUT2D eigenvalue weighted by Gasteiger charge is -2.24. The molecule has 8 nitrogen and oxygen atoms in total. The summed E-state index contributed by atoms with van der Waals surface area (Å²) in [6.07, 6.45) is 0.876. The zero-order valence-corrected chi connectivity index (χ0v) is 19.6. The summed E-state index contributed by atoms with van der Waals surface area (Å²) in [6.45, 7) is 8.40. The highest BCUT2D eigenvalue weighted by Crippen LogP contribution is 2.34. The minimum Gasteiger partial charge on any atom is -0.481 e. The van der Waals surface area contributed by atoms with Gasteiger partial charge in [-0.1, -0.05) is 6.07 Å². The molecule has 0 radical (unpaired) electrons. The van der Waals surface area contributed by atoms with E-state index in [9.17, 15) is 14.4 Å². The Kier molecular flexibility index (Phi) is 7.16. The quantitative estimate of drug-likeness (QED) is 0.284. The van der Waals surface area contributed by atoms with Gasteiger partial charge < -0.3 is 24.3 Å². The lowest BCUT2D eigenvalue weighted by Crippen LogP contribution is -2.35. The van der Waals surface area contributed by atoms with Crippen LogP contribution in [0.4, 0.5) is 0 Å². The van der Waals surface area contributed by atoms with Gasteiger partial charge in [-0.2, -0.15) is 0 Å². The molecule has 2 N–H and O–H groups in total. The van der Waals surface area contributed by atoms with Crippen LogP contribution in [0.1, 0.15) is 43.2 Å². The van der Waals surface area contributed by atoms with Gasteiger partial charge in [0.2, 0.25) is 0 Å². The minimum absolute atomic E-state index is 0.215. The van der Waals surface area contributed by atoms with Crippen LogP contribution in [-0.2, 0) is 20.9 Å². The highest BCUT2D eigenvalue weighted by molar-refractivity contribution is 6.45. The predicted octanol–water partition coefficient (Wildman–Crippen LogP) is 2.43. The second kappa shape index (κ2) is 9.09. The summed E-state index contributed by atoms with van der Waals surface area (Å²) < 4.78 is 13.8. The topological polar surface area (TPSA) is 101 Å². The summed E-state index contributed by atoms with van der Waals surface area (Å²) >= 11 is 0. The summed E-state index contributed by atoms with van der Waals surface area (Å²) in [5.41, 5.74) is 6.30. The standard InChI is InChI=1S/C23H33N3O5/c1-15-19(21(28)22(24)29)20-16(25(15)12-9-13-26(5,6)7)10-8-11-17(20)30-14-18(27)31-23(2,3)4/h8,10-11H,9,12-14H2,1-7H3,(H-,24,29)/p+1. The number of rotatable bonds is 9. The second-order valence-corrected chi connectivity index (χ2v) is 9.70. The van der Waals surface area contributed by atoms with E-state index in [4.69, 9.17) is 15.2 Å². The summed E-state index contributed by atoms with van der Waals surface area (Å²) in [6, 6.07) is 5.33. The molecular weight excluding hydrogens is 398 g/mol. The first kappa shape index (κ1) is 24.4. The molecule has 0 spiro atoms. The first-order valence-corrected chi connectivity index (χ1v) is 10.3. The average Bonchev–Trinajstić information content (AvgIpc) is 2.89. The number of aryl methyl sites for hydroxylation is 1. The maximum atomic E-state index is 12.7. The molecule has 1 amide bonds. The smallest absolute Gasteiger partial charge is 0.344 e. The van der Waals surface area contributed by atoms with Crippen LogP contribution in [0.2, 0.25) is 0 Å². The Morgan fingerprint density at radius 2 is 1.77 bits per heavy atom. The van der Waals surface area contributed by atoms with Crippen molar-refractivity contribution >= 4 is 28.6 Å². The maximum absolute atomic E-state index is 12.7. The predicted molar refractivity (Wildman–Crippen MR) is 119 cm³/mol. The molecule has 2 aromatic rings. The van der Waals surface area contributed by atoms with E-state index in [2.05, 4.69) is 21.1 Å². The molecule has 2 rings (SSSR count). The fraction of sp³-hybridized carbons (Fsp3) is 0.522. The minimum atomic E-state index is -1.03. The van der Waals surface area contributed by atoms with Crippen molar-refractivity contribution in [3.05, 3.63) is 29.5 Å². The van der Waals surface area contributed by atoms with E-state index in [0.717, 1.165) is 23.0 Å². The summed E-state index contributed by atoms with van der Waals surface area (Å²) in [7, 11) is 6.35. The van der Waals surface area contributed by atoms with Crippen LogP contribution in [0.3, 0.4) is 0 Å². The van der Waals surface area contributed by atoms with Gasteiger partial charge in [0.05, 0.1) is 44.2 Å². The molecule has 0 aliphatic heterocycles. The number of ketones is 1. The number of primary amides is 1. The van der Waals surface area contributed by atoms with E-state index >= 15 is 0 Å². The van der Waals surface area contributed by atoms with Crippen molar-refractivity contribution in [2.45, 2.75) is 46.3 Å². The maximum Gasteiger partial charge on any atom is 0.344 e. The zero-order valence-electron chi connectivity index (χ0n) is 19.6. The molecule has 8 heteroatoms. The summed E-state index contributed by atoms with van der Waals surface area (Å²) in [5.74, 6) is -2.00. The van der Waals surface area contributed by atoms with E-state index in [-0.39, 0.29) is 12.2 Å². The number of Topliss-reactive ketones (excluding diaryl/α,β-unsaturated/α-hetero) is 1.